The number of hydrogen-bond donors (Lipinski definition) is 1. The molecular formula is C14H7Cl2F3N2O. The van der Waals surface area contributed by atoms with Crippen molar-refractivity contribution in [2.75, 3.05) is 0 Å². The van der Waals surface area contributed by atoms with Gasteiger partial charge in [-0.05, 0) is 24.3 Å². The van der Waals surface area contributed by atoms with Crippen molar-refractivity contribution in [1.29, 1.82) is 0 Å². The number of benzene rings is 2. The van der Waals surface area contributed by atoms with E-state index < -0.39 is 11.7 Å². The molecule has 0 unspecified atom stereocenters. The SMILES string of the molecule is Oc1ccc2cnn(-c3c(Cl)cc(C(F)(F)F)cc3Cl)c2c1. The van der Waals surface area contributed by atoms with Crippen LogP contribution in [-0.4, -0.2) is 14.9 Å². The summed E-state index contributed by atoms with van der Waals surface area (Å²) in [6.45, 7) is 0. The van der Waals surface area contributed by atoms with Gasteiger partial charge in [-0.2, -0.15) is 18.3 Å². The van der Waals surface area contributed by atoms with Crippen molar-refractivity contribution in [3.05, 3.63) is 52.1 Å². The fourth-order valence-corrected chi connectivity index (χ4v) is 2.76. The Hall–Kier alpha value is -1.92. The highest BCUT2D eigenvalue weighted by atomic mass is 35.5. The molecule has 1 aromatic heterocycles. The van der Waals surface area contributed by atoms with Crippen LogP contribution in [0.4, 0.5) is 13.2 Å². The summed E-state index contributed by atoms with van der Waals surface area (Å²) in [6, 6.07) is 6.11. The molecule has 3 nitrogen and oxygen atoms in total. The molecule has 0 saturated carbocycles. The van der Waals surface area contributed by atoms with E-state index in [1.165, 1.54) is 23.0 Å². The molecule has 3 rings (SSSR count). The molecule has 0 aliphatic carbocycles. The van der Waals surface area contributed by atoms with Gasteiger partial charge in [-0.15, -0.1) is 0 Å². The van der Waals surface area contributed by atoms with E-state index in [9.17, 15) is 18.3 Å². The summed E-state index contributed by atoms with van der Waals surface area (Å²) in [5.74, 6) is -0.00611. The maximum Gasteiger partial charge on any atom is 0.416 e. The third kappa shape index (κ3) is 2.48. The summed E-state index contributed by atoms with van der Waals surface area (Å²) >= 11 is 11.9. The third-order valence-corrected chi connectivity index (χ3v) is 3.69. The molecule has 3 aromatic rings. The summed E-state index contributed by atoms with van der Waals surface area (Å²) in [4.78, 5) is 0. The van der Waals surface area contributed by atoms with Crippen molar-refractivity contribution >= 4 is 34.1 Å². The van der Waals surface area contributed by atoms with Gasteiger partial charge < -0.3 is 5.11 Å². The molecule has 0 saturated heterocycles. The lowest BCUT2D eigenvalue weighted by atomic mass is 10.2. The van der Waals surface area contributed by atoms with Gasteiger partial charge in [0.15, 0.2) is 0 Å². The van der Waals surface area contributed by atoms with Crippen molar-refractivity contribution in [2.45, 2.75) is 6.18 Å². The van der Waals surface area contributed by atoms with Gasteiger partial charge in [0.25, 0.3) is 0 Å². The van der Waals surface area contributed by atoms with E-state index >= 15 is 0 Å². The van der Waals surface area contributed by atoms with Gasteiger partial charge in [0, 0.05) is 11.5 Å². The Morgan fingerprint density at radius 3 is 2.27 bits per heavy atom. The molecule has 114 valence electrons. The fourth-order valence-electron chi connectivity index (χ4n) is 2.12. The molecular weight excluding hydrogens is 340 g/mol. The van der Waals surface area contributed by atoms with Gasteiger partial charge in [-0.1, -0.05) is 23.2 Å². The minimum absolute atomic E-state index is 0.00611. The van der Waals surface area contributed by atoms with E-state index in [-0.39, 0.29) is 21.5 Å². The van der Waals surface area contributed by atoms with Crippen LogP contribution < -0.4 is 0 Å². The predicted octanol–water partition coefficient (Wildman–Crippen LogP) is 5.06. The summed E-state index contributed by atoms with van der Waals surface area (Å²) in [6.07, 6.45) is -3.05. The first-order chi connectivity index (χ1) is 10.3. The Balaban J connectivity index is 2.25. The topological polar surface area (TPSA) is 38.1 Å². The van der Waals surface area contributed by atoms with Crippen molar-refractivity contribution in [3.8, 4) is 11.4 Å². The number of alkyl halides is 3. The van der Waals surface area contributed by atoms with Gasteiger partial charge in [-0.25, -0.2) is 4.68 Å². The normalized spacial score (nSPS) is 12.0. The van der Waals surface area contributed by atoms with Crippen molar-refractivity contribution < 1.29 is 18.3 Å². The Bertz CT molecular complexity index is 851. The average molecular weight is 347 g/mol. The van der Waals surface area contributed by atoms with Crippen LogP contribution in [0.3, 0.4) is 0 Å². The first kappa shape index (κ1) is 15.0. The Morgan fingerprint density at radius 1 is 1.05 bits per heavy atom. The third-order valence-electron chi connectivity index (χ3n) is 3.11. The van der Waals surface area contributed by atoms with Gasteiger partial charge in [0.2, 0.25) is 0 Å². The second-order valence-corrected chi connectivity index (χ2v) is 5.40. The molecule has 0 aliphatic rings. The van der Waals surface area contributed by atoms with Crippen LogP contribution in [0.15, 0.2) is 36.5 Å². The largest absolute Gasteiger partial charge is 0.508 e. The molecule has 2 aromatic carbocycles. The number of halogens is 5. The minimum Gasteiger partial charge on any atom is -0.508 e. The first-order valence-corrected chi connectivity index (χ1v) is 6.76. The Kier molecular flexibility index (Phi) is 3.45. The zero-order chi connectivity index (χ0) is 16.1. The van der Waals surface area contributed by atoms with Crippen LogP contribution in [0, 0.1) is 0 Å². The molecule has 0 amide bonds. The fraction of sp³-hybridized carbons (Fsp3) is 0.0714. The van der Waals surface area contributed by atoms with Crippen molar-refractivity contribution in [3.63, 3.8) is 0 Å². The lowest BCUT2D eigenvalue weighted by molar-refractivity contribution is -0.137. The van der Waals surface area contributed by atoms with E-state index in [2.05, 4.69) is 5.10 Å². The summed E-state index contributed by atoms with van der Waals surface area (Å²) in [5, 5.41) is 13.9. The summed E-state index contributed by atoms with van der Waals surface area (Å²) < 4.78 is 39.6. The number of phenols is 1. The van der Waals surface area contributed by atoms with Crippen LogP contribution in [0.1, 0.15) is 5.56 Å². The zero-order valence-corrected chi connectivity index (χ0v) is 12.2. The molecule has 0 radical (unpaired) electrons. The Labute approximate surface area is 132 Å². The smallest absolute Gasteiger partial charge is 0.416 e. The van der Waals surface area contributed by atoms with Crippen LogP contribution in [-0.2, 0) is 6.18 Å². The molecule has 8 heteroatoms. The molecule has 1 heterocycles. The molecule has 0 aliphatic heterocycles. The van der Waals surface area contributed by atoms with Gasteiger partial charge in [0.05, 0.1) is 27.3 Å². The van der Waals surface area contributed by atoms with Crippen molar-refractivity contribution in [2.24, 2.45) is 0 Å². The first-order valence-electron chi connectivity index (χ1n) is 6.01. The average Bonchev–Trinajstić information content (AvgIpc) is 2.80. The number of rotatable bonds is 1. The highest BCUT2D eigenvalue weighted by molar-refractivity contribution is 6.38. The molecule has 0 atom stereocenters. The molecule has 0 fully saturated rings. The van der Waals surface area contributed by atoms with E-state index in [1.54, 1.807) is 6.07 Å². The lowest BCUT2D eigenvalue weighted by Gasteiger charge is -2.13. The second-order valence-electron chi connectivity index (χ2n) is 4.59. The Morgan fingerprint density at radius 2 is 1.68 bits per heavy atom. The minimum atomic E-state index is -4.55. The monoisotopic (exact) mass is 346 g/mol. The maximum absolute atomic E-state index is 12.8. The standard InChI is InChI=1S/C14H7Cl2F3N2O/c15-10-3-8(14(17,18)19)4-11(16)13(10)21-12-5-9(22)2-1-7(12)6-20-21/h1-6,22H. The van der Waals surface area contributed by atoms with E-state index in [0.717, 1.165) is 12.1 Å². The van der Waals surface area contributed by atoms with Crippen molar-refractivity contribution in [1.82, 2.24) is 9.78 Å². The maximum atomic E-state index is 12.8. The lowest BCUT2D eigenvalue weighted by Crippen LogP contribution is -2.07. The number of aromatic nitrogens is 2. The number of phenolic OH excluding ortho intramolecular Hbond substituents is 1. The quantitative estimate of drug-likeness (QED) is 0.668. The molecule has 0 spiro atoms. The number of nitrogens with zero attached hydrogens (tertiary/aromatic N) is 2. The highest BCUT2D eigenvalue weighted by Gasteiger charge is 2.32. The summed E-state index contributed by atoms with van der Waals surface area (Å²) in [7, 11) is 0. The van der Waals surface area contributed by atoms with Gasteiger partial charge in [0.1, 0.15) is 11.4 Å². The molecule has 0 bridgehead atoms. The van der Waals surface area contributed by atoms with Crippen LogP contribution >= 0.6 is 23.2 Å². The summed E-state index contributed by atoms with van der Waals surface area (Å²) in [5.41, 5.74) is -0.342. The molecule has 1 N–H and O–H groups in total. The number of fused-ring (bicyclic) bond motifs is 1. The van der Waals surface area contributed by atoms with E-state index in [1.807, 2.05) is 0 Å². The van der Waals surface area contributed by atoms with E-state index in [0.29, 0.717) is 10.9 Å². The number of hydrogen-bond acceptors (Lipinski definition) is 2. The van der Waals surface area contributed by atoms with Gasteiger partial charge >= 0.3 is 6.18 Å². The van der Waals surface area contributed by atoms with Gasteiger partial charge in [-0.3, -0.25) is 0 Å². The van der Waals surface area contributed by atoms with Crippen LogP contribution in [0.25, 0.3) is 16.6 Å². The van der Waals surface area contributed by atoms with Crippen LogP contribution in [0.5, 0.6) is 5.75 Å². The predicted molar refractivity (Wildman–Crippen MR) is 77.8 cm³/mol. The van der Waals surface area contributed by atoms with E-state index in [4.69, 9.17) is 23.2 Å². The molecule has 22 heavy (non-hydrogen) atoms. The highest BCUT2D eigenvalue weighted by Crippen LogP contribution is 2.38. The second kappa shape index (κ2) is 5.07. The van der Waals surface area contributed by atoms with Crippen LogP contribution in [0.2, 0.25) is 10.0 Å². The number of aromatic hydroxyl groups is 1. The zero-order valence-electron chi connectivity index (χ0n) is 10.7.